The fraction of sp³-hybridized carbons (Fsp3) is 0.182. The number of nitrogens with two attached hydrogens (primary N) is 1. The Morgan fingerprint density at radius 2 is 2.19 bits per heavy atom. The minimum atomic E-state index is -0.854. The molecule has 16 heavy (non-hydrogen) atoms. The van der Waals surface area contributed by atoms with Gasteiger partial charge in [0.25, 0.3) is 0 Å². The van der Waals surface area contributed by atoms with Crippen molar-refractivity contribution in [3.8, 4) is 0 Å². The molecule has 0 saturated heterocycles. The van der Waals surface area contributed by atoms with E-state index in [1.165, 1.54) is 0 Å². The number of fused-ring (bicyclic) bond motifs is 1. The molecule has 1 aromatic heterocycles. The first kappa shape index (κ1) is 10.5. The van der Waals surface area contributed by atoms with Crippen LogP contribution < -0.4 is 5.73 Å². The van der Waals surface area contributed by atoms with Crippen molar-refractivity contribution in [1.82, 2.24) is 5.06 Å². The molecular formula is C11H12N2O3. The summed E-state index contributed by atoms with van der Waals surface area (Å²) in [5.41, 5.74) is 6.63. The predicted molar refractivity (Wildman–Crippen MR) is 58.0 cm³/mol. The fourth-order valence-electron chi connectivity index (χ4n) is 1.56. The lowest BCUT2D eigenvalue weighted by Gasteiger charge is -2.10. The Bertz CT molecular complexity index is 507. The van der Waals surface area contributed by atoms with Crippen LogP contribution in [-0.2, 0) is 6.42 Å². The maximum absolute atomic E-state index is 10.6. The molecule has 0 fully saturated rings. The van der Waals surface area contributed by atoms with Gasteiger partial charge in [-0.1, -0.05) is 18.2 Å². The summed E-state index contributed by atoms with van der Waals surface area (Å²) in [5, 5.41) is 10.6. The molecule has 0 aliphatic carbocycles. The number of nitrogens with zero attached hydrogens (tertiary/aromatic N) is 1. The van der Waals surface area contributed by atoms with E-state index in [0.29, 0.717) is 11.5 Å². The molecule has 2 aromatic rings. The first-order valence-corrected chi connectivity index (χ1v) is 4.89. The second kappa shape index (κ2) is 4.24. The van der Waals surface area contributed by atoms with Crippen LogP contribution >= 0.6 is 0 Å². The molecule has 0 spiro atoms. The first-order chi connectivity index (χ1) is 7.68. The zero-order valence-corrected chi connectivity index (χ0v) is 8.59. The smallest absolute Gasteiger partial charge is 0.338 e. The third-order valence-corrected chi connectivity index (χ3v) is 2.41. The molecule has 0 aliphatic heterocycles. The van der Waals surface area contributed by atoms with Crippen LogP contribution in [0.2, 0.25) is 0 Å². The van der Waals surface area contributed by atoms with Crippen LogP contribution in [0.25, 0.3) is 11.0 Å². The van der Waals surface area contributed by atoms with Gasteiger partial charge in [-0.15, -0.1) is 0 Å². The van der Waals surface area contributed by atoms with E-state index in [0.717, 1.165) is 16.5 Å². The molecule has 1 aromatic carbocycles. The van der Waals surface area contributed by atoms with Crippen LogP contribution in [0.1, 0.15) is 5.56 Å². The van der Waals surface area contributed by atoms with Crippen LogP contribution in [0.3, 0.4) is 0 Å². The summed E-state index contributed by atoms with van der Waals surface area (Å²) in [6.45, 7) is 0.152. The van der Waals surface area contributed by atoms with E-state index in [1.54, 1.807) is 6.26 Å². The molecular weight excluding hydrogens is 208 g/mol. The van der Waals surface area contributed by atoms with E-state index >= 15 is 0 Å². The van der Waals surface area contributed by atoms with Crippen molar-refractivity contribution in [3.05, 3.63) is 36.1 Å². The lowest BCUT2D eigenvalue weighted by Crippen LogP contribution is -2.34. The number of hydrogen-bond acceptors (Lipinski definition) is 3. The predicted octanol–water partition coefficient (Wildman–Crippen LogP) is 1.75. The van der Waals surface area contributed by atoms with Crippen molar-refractivity contribution in [3.63, 3.8) is 0 Å². The average molecular weight is 220 g/mol. The van der Waals surface area contributed by atoms with Crippen molar-refractivity contribution in [2.75, 3.05) is 6.54 Å². The molecule has 0 aliphatic rings. The van der Waals surface area contributed by atoms with Gasteiger partial charge >= 0.3 is 6.03 Å². The van der Waals surface area contributed by atoms with Crippen molar-refractivity contribution in [2.45, 2.75) is 6.42 Å². The Hall–Kier alpha value is -2.01. The minimum absolute atomic E-state index is 0.152. The summed E-state index contributed by atoms with van der Waals surface area (Å²) in [6, 6.07) is 6.74. The van der Waals surface area contributed by atoms with Gasteiger partial charge in [0.05, 0.1) is 12.8 Å². The number of hydroxylamine groups is 2. The number of primary amides is 1. The molecule has 0 atom stereocenters. The van der Waals surface area contributed by atoms with Crippen LogP contribution in [0.4, 0.5) is 4.79 Å². The molecule has 5 heteroatoms. The number of para-hydroxylation sites is 1. The summed E-state index contributed by atoms with van der Waals surface area (Å²) in [6.07, 6.45) is 2.12. The minimum Gasteiger partial charge on any atom is -0.464 e. The number of hydrogen-bond donors (Lipinski definition) is 2. The summed E-state index contributed by atoms with van der Waals surface area (Å²) < 4.78 is 5.33. The van der Waals surface area contributed by atoms with Gasteiger partial charge in [-0.2, -0.15) is 0 Å². The third kappa shape index (κ3) is 1.99. The molecule has 0 unspecified atom stereocenters. The summed E-state index contributed by atoms with van der Waals surface area (Å²) in [4.78, 5) is 10.6. The molecule has 2 amide bonds. The molecule has 84 valence electrons. The number of amides is 2. The van der Waals surface area contributed by atoms with Crippen LogP contribution in [0.15, 0.2) is 34.9 Å². The molecule has 1 heterocycles. The molecule has 0 radical (unpaired) electrons. The van der Waals surface area contributed by atoms with Gasteiger partial charge < -0.3 is 10.2 Å². The summed E-state index contributed by atoms with van der Waals surface area (Å²) in [5.74, 6) is 0. The molecule has 0 bridgehead atoms. The topological polar surface area (TPSA) is 79.7 Å². The van der Waals surface area contributed by atoms with Gasteiger partial charge in [0.15, 0.2) is 0 Å². The van der Waals surface area contributed by atoms with E-state index in [-0.39, 0.29) is 6.54 Å². The van der Waals surface area contributed by atoms with Gasteiger partial charge in [-0.25, -0.2) is 9.86 Å². The van der Waals surface area contributed by atoms with Crippen molar-refractivity contribution >= 4 is 17.0 Å². The van der Waals surface area contributed by atoms with E-state index < -0.39 is 6.03 Å². The third-order valence-electron chi connectivity index (χ3n) is 2.41. The highest BCUT2D eigenvalue weighted by molar-refractivity contribution is 5.80. The maximum atomic E-state index is 10.6. The van der Waals surface area contributed by atoms with Crippen molar-refractivity contribution in [2.24, 2.45) is 5.73 Å². The molecule has 3 N–H and O–H groups in total. The highest BCUT2D eigenvalue weighted by atomic mass is 16.5. The Morgan fingerprint density at radius 1 is 1.44 bits per heavy atom. The first-order valence-electron chi connectivity index (χ1n) is 4.89. The van der Waals surface area contributed by atoms with Gasteiger partial charge in [-0.05, 0) is 12.5 Å². The highest BCUT2D eigenvalue weighted by Crippen LogP contribution is 2.20. The van der Waals surface area contributed by atoms with E-state index in [2.05, 4.69) is 0 Å². The Labute approximate surface area is 92.0 Å². The monoisotopic (exact) mass is 220 g/mol. The van der Waals surface area contributed by atoms with Crippen molar-refractivity contribution in [1.29, 1.82) is 0 Å². The second-order valence-electron chi connectivity index (χ2n) is 3.47. The lowest BCUT2D eigenvalue weighted by atomic mass is 10.1. The Balaban J connectivity index is 2.13. The Kier molecular flexibility index (Phi) is 2.78. The molecule has 5 nitrogen and oxygen atoms in total. The molecule has 2 rings (SSSR count). The highest BCUT2D eigenvalue weighted by Gasteiger charge is 2.09. The number of carbonyl (C=O) groups is 1. The van der Waals surface area contributed by atoms with Gasteiger partial charge in [-0.3, -0.25) is 5.21 Å². The van der Waals surface area contributed by atoms with Gasteiger partial charge in [0.1, 0.15) is 5.58 Å². The largest absolute Gasteiger partial charge is 0.464 e. The van der Waals surface area contributed by atoms with Gasteiger partial charge in [0.2, 0.25) is 0 Å². The quantitative estimate of drug-likeness (QED) is 0.610. The number of urea groups is 1. The zero-order chi connectivity index (χ0) is 11.5. The number of carbonyl (C=O) groups excluding carboxylic acids is 1. The van der Waals surface area contributed by atoms with E-state index in [9.17, 15) is 4.79 Å². The zero-order valence-electron chi connectivity index (χ0n) is 8.59. The van der Waals surface area contributed by atoms with Crippen LogP contribution in [-0.4, -0.2) is 22.8 Å². The SMILES string of the molecule is NC(=O)N(O)CCc1coc2ccccc12. The number of rotatable bonds is 3. The van der Waals surface area contributed by atoms with E-state index in [1.807, 2.05) is 24.3 Å². The van der Waals surface area contributed by atoms with Crippen molar-refractivity contribution < 1.29 is 14.4 Å². The average Bonchev–Trinajstić information content (AvgIpc) is 2.69. The molecule has 0 saturated carbocycles. The van der Waals surface area contributed by atoms with E-state index in [4.69, 9.17) is 15.4 Å². The van der Waals surface area contributed by atoms with Crippen LogP contribution in [0, 0.1) is 0 Å². The number of benzene rings is 1. The summed E-state index contributed by atoms with van der Waals surface area (Å²) in [7, 11) is 0. The normalized spacial score (nSPS) is 10.6. The number of furan rings is 1. The second-order valence-corrected chi connectivity index (χ2v) is 3.47. The summed E-state index contributed by atoms with van der Waals surface area (Å²) >= 11 is 0. The fourth-order valence-corrected chi connectivity index (χ4v) is 1.56. The standard InChI is InChI=1S/C11H12N2O3/c12-11(14)13(15)6-5-8-7-16-10-4-2-1-3-9(8)10/h1-4,7,15H,5-6H2,(H2,12,14). The lowest BCUT2D eigenvalue weighted by molar-refractivity contribution is -0.0381. The maximum Gasteiger partial charge on any atom is 0.338 e. The van der Waals surface area contributed by atoms with Crippen LogP contribution in [0.5, 0.6) is 0 Å². The van der Waals surface area contributed by atoms with Gasteiger partial charge in [0, 0.05) is 10.9 Å². The Morgan fingerprint density at radius 3 is 2.94 bits per heavy atom.